The van der Waals surface area contributed by atoms with Crippen LogP contribution in [0.2, 0.25) is 0 Å². The lowest BCUT2D eigenvalue weighted by Gasteiger charge is -2.35. The summed E-state index contributed by atoms with van der Waals surface area (Å²) in [6.07, 6.45) is -4.08. The molecular formula is C11H15NO4. The topological polar surface area (TPSA) is 82.0 Å². The summed E-state index contributed by atoms with van der Waals surface area (Å²) >= 11 is 0. The number of benzene rings is 1. The maximum Gasteiger partial charge on any atom is 0.156 e. The van der Waals surface area contributed by atoms with Crippen molar-refractivity contribution in [3.8, 4) is 0 Å². The average molecular weight is 225 g/mol. The van der Waals surface area contributed by atoms with E-state index in [0.717, 1.165) is 5.69 Å². The highest BCUT2D eigenvalue weighted by molar-refractivity contribution is 5.43. The Morgan fingerprint density at radius 2 is 1.75 bits per heavy atom. The van der Waals surface area contributed by atoms with Gasteiger partial charge in [-0.15, -0.1) is 0 Å². The Kier molecular flexibility index (Phi) is 3.40. The second-order valence-corrected chi connectivity index (χ2v) is 3.81. The monoisotopic (exact) mass is 225 g/mol. The zero-order valence-corrected chi connectivity index (χ0v) is 8.65. The van der Waals surface area contributed by atoms with Crippen LogP contribution < -0.4 is 5.32 Å². The smallest absolute Gasteiger partial charge is 0.156 e. The van der Waals surface area contributed by atoms with Gasteiger partial charge in [0.1, 0.15) is 18.3 Å². The van der Waals surface area contributed by atoms with Gasteiger partial charge in [-0.3, -0.25) is 0 Å². The number of aliphatic hydroxyl groups excluding tert-OH is 3. The molecule has 0 aromatic heterocycles. The number of ether oxygens (including phenoxy) is 1. The number of hydrogen-bond donors (Lipinski definition) is 4. The first-order valence-electron chi connectivity index (χ1n) is 5.16. The molecule has 0 saturated carbocycles. The molecule has 88 valence electrons. The summed E-state index contributed by atoms with van der Waals surface area (Å²) in [4.78, 5) is 0. The molecule has 1 heterocycles. The predicted octanol–water partition coefficient (Wildman–Crippen LogP) is -0.463. The highest BCUT2D eigenvalue weighted by Gasteiger charge is 2.37. The van der Waals surface area contributed by atoms with Crippen molar-refractivity contribution in [2.75, 3.05) is 11.9 Å². The molecule has 0 amide bonds. The van der Waals surface area contributed by atoms with Gasteiger partial charge < -0.3 is 25.4 Å². The predicted molar refractivity (Wildman–Crippen MR) is 57.8 cm³/mol. The summed E-state index contributed by atoms with van der Waals surface area (Å²) in [5.74, 6) is 0. The van der Waals surface area contributed by atoms with E-state index in [4.69, 9.17) is 4.74 Å². The third kappa shape index (κ3) is 2.33. The molecule has 16 heavy (non-hydrogen) atoms. The number of para-hydroxylation sites is 1. The third-order valence-electron chi connectivity index (χ3n) is 2.58. The van der Waals surface area contributed by atoms with Crippen molar-refractivity contribution in [2.45, 2.75) is 24.5 Å². The Morgan fingerprint density at radius 1 is 1.06 bits per heavy atom. The van der Waals surface area contributed by atoms with Gasteiger partial charge in [-0.05, 0) is 12.1 Å². The van der Waals surface area contributed by atoms with E-state index in [0.29, 0.717) is 0 Å². The Hall–Kier alpha value is -1.14. The van der Waals surface area contributed by atoms with Crippen LogP contribution in [0.5, 0.6) is 0 Å². The van der Waals surface area contributed by atoms with Gasteiger partial charge in [0.25, 0.3) is 0 Å². The maximum absolute atomic E-state index is 9.67. The Labute approximate surface area is 93.3 Å². The van der Waals surface area contributed by atoms with Crippen molar-refractivity contribution in [1.82, 2.24) is 0 Å². The first-order chi connectivity index (χ1) is 7.68. The van der Waals surface area contributed by atoms with Gasteiger partial charge in [0.15, 0.2) is 6.23 Å². The Balaban J connectivity index is 2.00. The van der Waals surface area contributed by atoms with E-state index >= 15 is 0 Å². The molecule has 4 atom stereocenters. The van der Waals surface area contributed by atoms with E-state index in [9.17, 15) is 15.3 Å². The van der Waals surface area contributed by atoms with Crippen molar-refractivity contribution in [1.29, 1.82) is 0 Å². The maximum atomic E-state index is 9.67. The van der Waals surface area contributed by atoms with Crippen LogP contribution >= 0.6 is 0 Å². The van der Waals surface area contributed by atoms with Crippen molar-refractivity contribution in [3.63, 3.8) is 0 Å². The van der Waals surface area contributed by atoms with E-state index < -0.39 is 24.5 Å². The highest BCUT2D eigenvalue weighted by atomic mass is 16.5. The molecule has 0 bridgehead atoms. The minimum Gasteiger partial charge on any atom is -0.388 e. The lowest BCUT2D eigenvalue weighted by atomic mass is 10.0. The van der Waals surface area contributed by atoms with Crippen molar-refractivity contribution < 1.29 is 20.1 Å². The summed E-state index contributed by atoms with van der Waals surface area (Å²) in [6, 6.07) is 9.23. The standard InChI is InChI=1S/C11H15NO4/c13-8-6-16-11(10(15)9(8)14)12-7-4-2-1-3-5-7/h1-5,8-15H,6H2/t8-,9-,10-,11-/m1/s1. The van der Waals surface area contributed by atoms with Crippen LogP contribution in [0.4, 0.5) is 5.69 Å². The number of nitrogens with one attached hydrogen (secondary N) is 1. The van der Waals surface area contributed by atoms with Gasteiger partial charge in [-0.25, -0.2) is 0 Å². The number of hydrogen-bond acceptors (Lipinski definition) is 5. The van der Waals surface area contributed by atoms with Gasteiger partial charge in [-0.1, -0.05) is 18.2 Å². The third-order valence-corrected chi connectivity index (χ3v) is 2.58. The van der Waals surface area contributed by atoms with E-state index in [-0.39, 0.29) is 6.61 Å². The van der Waals surface area contributed by atoms with E-state index in [2.05, 4.69) is 5.32 Å². The quantitative estimate of drug-likeness (QED) is 0.547. The van der Waals surface area contributed by atoms with Crippen LogP contribution in [0.25, 0.3) is 0 Å². The van der Waals surface area contributed by atoms with Crippen LogP contribution in [-0.2, 0) is 4.74 Å². The molecule has 1 aliphatic rings. The van der Waals surface area contributed by atoms with Crippen molar-refractivity contribution in [2.24, 2.45) is 0 Å². The molecule has 1 aliphatic heterocycles. The normalized spacial score (nSPS) is 34.7. The fraction of sp³-hybridized carbons (Fsp3) is 0.455. The zero-order chi connectivity index (χ0) is 11.5. The van der Waals surface area contributed by atoms with Crippen LogP contribution in [0, 0.1) is 0 Å². The summed E-state index contributed by atoms with van der Waals surface area (Å²) in [5.41, 5.74) is 0.787. The van der Waals surface area contributed by atoms with Crippen LogP contribution in [0.3, 0.4) is 0 Å². The number of rotatable bonds is 2. The summed E-state index contributed by atoms with van der Waals surface area (Å²) in [7, 11) is 0. The summed E-state index contributed by atoms with van der Waals surface area (Å²) < 4.78 is 5.21. The van der Waals surface area contributed by atoms with E-state index in [1.54, 1.807) is 0 Å². The largest absolute Gasteiger partial charge is 0.388 e. The zero-order valence-electron chi connectivity index (χ0n) is 8.65. The second kappa shape index (κ2) is 4.80. The SMILES string of the molecule is O[C@@H]1[C@H](O)[C@H](O)CO[C@H]1Nc1ccccc1. The molecule has 0 radical (unpaired) electrons. The lowest BCUT2D eigenvalue weighted by molar-refractivity contribution is -0.178. The molecule has 2 rings (SSSR count). The van der Waals surface area contributed by atoms with Gasteiger partial charge in [-0.2, -0.15) is 0 Å². The Bertz CT molecular complexity index is 332. The second-order valence-electron chi connectivity index (χ2n) is 3.81. The molecule has 4 N–H and O–H groups in total. The lowest BCUT2D eigenvalue weighted by Crippen LogP contribution is -2.55. The number of anilines is 1. The molecule has 5 nitrogen and oxygen atoms in total. The average Bonchev–Trinajstić information content (AvgIpc) is 2.31. The molecule has 5 heteroatoms. The van der Waals surface area contributed by atoms with Gasteiger partial charge in [0, 0.05) is 5.69 Å². The molecule has 0 spiro atoms. The molecule has 1 aromatic carbocycles. The first-order valence-corrected chi connectivity index (χ1v) is 5.16. The first kappa shape index (κ1) is 11.3. The van der Waals surface area contributed by atoms with Crippen LogP contribution in [0.15, 0.2) is 30.3 Å². The number of aliphatic hydroxyl groups is 3. The molecule has 1 saturated heterocycles. The molecule has 0 aliphatic carbocycles. The molecule has 1 aromatic rings. The van der Waals surface area contributed by atoms with Crippen LogP contribution in [-0.4, -0.2) is 46.5 Å². The summed E-state index contributed by atoms with van der Waals surface area (Å²) in [6.45, 7) is 0.00271. The fourth-order valence-electron chi connectivity index (χ4n) is 1.63. The van der Waals surface area contributed by atoms with Gasteiger partial charge in [0.05, 0.1) is 6.61 Å². The van der Waals surface area contributed by atoms with E-state index in [1.807, 2.05) is 30.3 Å². The summed E-state index contributed by atoms with van der Waals surface area (Å²) in [5, 5.41) is 31.4. The fourth-order valence-corrected chi connectivity index (χ4v) is 1.63. The van der Waals surface area contributed by atoms with Crippen LogP contribution in [0.1, 0.15) is 0 Å². The Morgan fingerprint density at radius 3 is 2.44 bits per heavy atom. The molecular weight excluding hydrogens is 210 g/mol. The minimum absolute atomic E-state index is 0.00271. The molecule has 0 unspecified atom stereocenters. The van der Waals surface area contributed by atoms with Crippen molar-refractivity contribution in [3.05, 3.63) is 30.3 Å². The van der Waals surface area contributed by atoms with Crippen molar-refractivity contribution >= 4 is 5.69 Å². The van der Waals surface area contributed by atoms with E-state index in [1.165, 1.54) is 0 Å². The van der Waals surface area contributed by atoms with Gasteiger partial charge in [0.2, 0.25) is 0 Å². The molecule has 1 fully saturated rings. The minimum atomic E-state index is -1.19. The van der Waals surface area contributed by atoms with Gasteiger partial charge >= 0.3 is 0 Å². The highest BCUT2D eigenvalue weighted by Crippen LogP contribution is 2.18.